The Hall–Kier alpha value is -3.07. The van der Waals surface area contributed by atoms with Crippen LogP contribution in [0, 0.1) is 0 Å². The van der Waals surface area contributed by atoms with Crippen LogP contribution >= 0.6 is 23.8 Å². The predicted molar refractivity (Wildman–Crippen MR) is 118 cm³/mol. The van der Waals surface area contributed by atoms with Crippen LogP contribution in [0.3, 0.4) is 0 Å². The van der Waals surface area contributed by atoms with Crippen molar-refractivity contribution in [2.75, 3.05) is 19.5 Å². The van der Waals surface area contributed by atoms with Gasteiger partial charge in [-0.05, 0) is 60.7 Å². The topological polar surface area (TPSA) is 93.0 Å². The average Bonchev–Trinajstić information content (AvgIpc) is 3.24. The zero-order valence-corrected chi connectivity index (χ0v) is 17.8. The zero-order chi connectivity index (χ0) is 21.7. The average molecular weight is 447 g/mol. The normalized spacial score (nSPS) is 10.4. The van der Waals surface area contributed by atoms with Crippen molar-refractivity contribution in [2.24, 2.45) is 0 Å². The molecule has 0 saturated carbocycles. The number of hydrogen-bond acceptors (Lipinski definition) is 6. The van der Waals surface area contributed by atoms with Gasteiger partial charge in [-0.2, -0.15) is 0 Å². The van der Waals surface area contributed by atoms with Crippen molar-refractivity contribution in [3.05, 3.63) is 64.9 Å². The Morgan fingerprint density at radius 2 is 1.87 bits per heavy atom. The van der Waals surface area contributed by atoms with Crippen LogP contribution in [0.5, 0.6) is 11.5 Å². The second kappa shape index (κ2) is 9.62. The molecule has 0 atom stereocenters. The van der Waals surface area contributed by atoms with Gasteiger partial charge in [0.15, 0.2) is 16.6 Å². The zero-order valence-electron chi connectivity index (χ0n) is 16.2. The lowest BCUT2D eigenvalue weighted by Crippen LogP contribution is -2.34. The van der Waals surface area contributed by atoms with E-state index in [2.05, 4.69) is 10.6 Å². The maximum atomic E-state index is 12.5. The Labute approximate surface area is 183 Å². The SMILES string of the molecule is COc1ccc(C(=O)NC(=S)Nc2cc(-c3ccc(CO)o3)ccc2Cl)cc1OC. The van der Waals surface area contributed by atoms with E-state index < -0.39 is 5.91 Å². The number of carbonyl (C=O) groups is 1. The summed E-state index contributed by atoms with van der Waals surface area (Å²) in [6, 6.07) is 13.4. The van der Waals surface area contributed by atoms with Crippen molar-refractivity contribution in [1.82, 2.24) is 5.32 Å². The number of amides is 1. The number of furan rings is 1. The number of aliphatic hydroxyl groups is 1. The van der Waals surface area contributed by atoms with Crippen molar-refractivity contribution in [2.45, 2.75) is 6.61 Å². The molecule has 156 valence electrons. The first-order chi connectivity index (χ1) is 14.4. The quantitative estimate of drug-likeness (QED) is 0.488. The van der Waals surface area contributed by atoms with Gasteiger partial charge in [0, 0.05) is 11.1 Å². The molecule has 1 heterocycles. The summed E-state index contributed by atoms with van der Waals surface area (Å²) in [6.07, 6.45) is 0. The maximum absolute atomic E-state index is 12.5. The fourth-order valence-corrected chi connectivity index (χ4v) is 3.07. The van der Waals surface area contributed by atoms with Crippen LogP contribution in [0.25, 0.3) is 11.3 Å². The van der Waals surface area contributed by atoms with Crippen molar-refractivity contribution < 1.29 is 23.8 Å². The molecule has 0 spiro atoms. The first-order valence-electron chi connectivity index (χ1n) is 8.79. The molecule has 3 N–H and O–H groups in total. The van der Waals surface area contributed by atoms with E-state index >= 15 is 0 Å². The molecule has 2 aromatic carbocycles. The molecule has 3 rings (SSSR count). The summed E-state index contributed by atoms with van der Waals surface area (Å²) < 4.78 is 15.9. The minimum absolute atomic E-state index is 0.0735. The molecule has 0 fully saturated rings. The van der Waals surface area contributed by atoms with Crippen LogP contribution in [0.1, 0.15) is 16.1 Å². The van der Waals surface area contributed by atoms with Gasteiger partial charge < -0.3 is 24.3 Å². The van der Waals surface area contributed by atoms with Gasteiger partial charge in [0.2, 0.25) is 0 Å². The van der Waals surface area contributed by atoms with Gasteiger partial charge in [0.1, 0.15) is 18.1 Å². The van der Waals surface area contributed by atoms with Gasteiger partial charge in [-0.1, -0.05) is 11.6 Å². The van der Waals surface area contributed by atoms with Gasteiger partial charge in [-0.3, -0.25) is 10.1 Å². The number of anilines is 1. The molecule has 0 aliphatic rings. The number of nitrogens with one attached hydrogen (secondary N) is 2. The summed E-state index contributed by atoms with van der Waals surface area (Å²) in [5.74, 6) is 1.55. The van der Waals surface area contributed by atoms with Gasteiger partial charge in [0.25, 0.3) is 5.91 Å². The van der Waals surface area contributed by atoms with Gasteiger partial charge in [-0.15, -0.1) is 0 Å². The third-order valence-corrected chi connectivity index (χ3v) is 4.72. The summed E-state index contributed by atoms with van der Waals surface area (Å²) >= 11 is 11.5. The molecule has 1 aromatic heterocycles. The second-order valence-electron chi connectivity index (χ2n) is 6.10. The van der Waals surface area contributed by atoms with E-state index in [0.717, 1.165) is 5.56 Å². The smallest absolute Gasteiger partial charge is 0.257 e. The Morgan fingerprint density at radius 3 is 2.53 bits per heavy atom. The van der Waals surface area contributed by atoms with E-state index in [1.54, 1.807) is 48.5 Å². The van der Waals surface area contributed by atoms with E-state index in [4.69, 9.17) is 42.8 Å². The number of aliphatic hydroxyl groups excluding tert-OH is 1. The molecule has 1 amide bonds. The fraction of sp³-hybridized carbons (Fsp3) is 0.143. The van der Waals surface area contributed by atoms with Crippen molar-refractivity contribution in [1.29, 1.82) is 0 Å². The van der Waals surface area contributed by atoms with Gasteiger partial charge in [0.05, 0.1) is 24.9 Å². The number of thiocarbonyl (C=S) groups is 1. The van der Waals surface area contributed by atoms with Crippen LogP contribution in [0.4, 0.5) is 5.69 Å². The van der Waals surface area contributed by atoms with Crippen LogP contribution in [-0.4, -0.2) is 30.3 Å². The van der Waals surface area contributed by atoms with E-state index in [-0.39, 0.29) is 11.7 Å². The predicted octanol–water partition coefficient (Wildman–Crippen LogP) is 4.24. The Balaban J connectivity index is 1.73. The molecular weight excluding hydrogens is 428 g/mol. The number of hydrogen-bond donors (Lipinski definition) is 3. The lowest BCUT2D eigenvalue weighted by Gasteiger charge is -2.13. The van der Waals surface area contributed by atoms with Crippen LogP contribution < -0.4 is 20.1 Å². The van der Waals surface area contributed by atoms with Gasteiger partial charge in [-0.25, -0.2) is 0 Å². The number of benzene rings is 2. The molecule has 0 aliphatic carbocycles. The summed E-state index contributed by atoms with van der Waals surface area (Å²) in [5, 5.41) is 15.2. The summed E-state index contributed by atoms with van der Waals surface area (Å²) in [6.45, 7) is -0.190. The molecule has 0 unspecified atom stereocenters. The number of methoxy groups -OCH3 is 2. The highest BCUT2D eigenvalue weighted by Gasteiger charge is 2.14. The number of halogens is 1. The minimum atomic E-state index is -0.417. The summed E-state index contributed by atoms with van der Waals surface area (Å²) in [5.41, 5.74) is 1.58. The molecule has 9 heteroatoms. The lowest BCUT2D eigenvalue weighted by molar-refractivity contribution is 0.0977. The summed E-state index contributed by atoms with van der Waals surface area (Å²) in [7, 11) is 3.01. The highest BCUT2D eigenvalue weighted by atomic mass is 35.5. The van der Waals surface area contributed by atoms with Crippen molar-refractivity contribution in [3.63, 3.8) is 0 Å². The van der Waals surface area contributed by atoms with E-state index in [1.807, 2.05) is 0 Å². The molecule has 3 aromatic rings. The van der Waals surface area contributed by atoms with Crippen LogP contribution in [0.15, 0.2) is 52.9 Å². The molecule has 0 bridgehead atoms. The molecular formula is C21H19ClN2O5S. The molecule has 0 saturated heterocycles. The first-order valence-corrected chi connectivity index (χ1v) is 9.57. The number of rotatable bonds is 6. The van der Waals surface area contributed by atoms with E-state index in [1.165, 1.54) is 14.2 Å². The van der Waals surface area contributed by atoms with E-state index in [0.29, 0.717) is 39.3 Å². The first kappa shape index (κ1) is 21.6. The largest absolute Gasteiger partial charge is 0.493 e. The monoisotopic (exact) mass is 446 g/mol. The second-order valence-corrected chi connectivity index (χ2v) is 6.91. The lowest BCUT2D eigenvalue weighted by atomic mass is 10.1. The number of carbonyl (C=O) groups excluding carboxylic acids is 1. The number of ether oxygens (including phenoxy) is 2. The minimum Gasteiger partial charge on any atom is -0.493 e. The maximum Gasteiger partial charge on any atom is 0.257 e. The highest BCUT2D eigenvalue weighted by molar-refractivity contribution is 7.80. The molecule has 7 nitrogen and oxygen atoms in total. The van der Waals surface area contributed by atoms with Gasteiger partial charge >= 0.3 is 0 Å². The highest BCUT2D eigenvalue weighted by Crippen LogP contribution is 2.30. The third-order valence-electron chi connectivity index (χ3n) is 4.19. The summed E-state index contributed by atoms with van der Waals surface area (Å²) in [4.78, 5) is 12.5. The molecule has 30 heavy (non-hydrogen) atoms. The van der Waals surface area contributed by atoms with Crippen LogP contribution in [-0.2, 0) is 6.61 Å². The standard InChI is InChI=1S/C21H19ClN2O5S/c1-27-18-7-4-13(10-19(18)28-2)20(26)24-21(30)23-16-9-12(3-6-15(16)22)17-8-5-14(11-25)29-17/h3-10,25H,11H2,1-2H3,(H2,23,24,26,30). The van der Waals surface area contributed by atoms with Crippen molar-refractivity contribution >= 4 is 40.5 Å². The Bertz CT molecular complexity index is 1080. The van der Waals surface area contributed by atoms with Crippen molar-refractivity contribution in [3.8, 4) is 22.8 Å². The molecule has 0 aliphatic heterocycles. The third kappa shape index (κ3) is 4.91. The Kier molecular flexibility index (Phi) is 6.94. The molecule has 0 radical (unpaired) electrons. The fourth-order valence-electron chi connectivity index (χ4n) is 2.70. The Morgan fingerprint density at radius 1 is 1.10 bits per heavy atom. The van der Waals surface area contributed by atoms with E-state index in [9.17, 15) is 4.79 Å². The van der Waals surface area contributed by atoms with Crippen LogP contribution in [0.2, 0.25) is 5.02 Å².